The Morgan fingerprint density at radius 1 is 1.19 bits per heavy atom. The molecule has 4 rings (SSSR count). The minimum Gasteiger partial charge on any atom is -0.493 e. The molecule has 2 aromatic heterocycles. The van der Waals surface area contributed by atoms with Crippen LogP contribution in [0.5, 0.6) is 5.75 Å². The molecule has 0 saturated heterocycles. The summed E-state index contributed by atoms with van der Waals surface area (Å²) >= 11 is 1.12. The number of para-hydroxylation sites is 1. The van der Waals surface area contributed by atoms with E-state index in [1.165, 1.54) is 6.07 Å². The number of furan rings is 1. The van der Waals surface area contributed by atoms with Crippen molar-refractivity contribution < 1.29 is 22.7 Å². The number of nitrogens with zero attached hydrogens (tertiary/aromatic N) is 1. The summed E-state index contributed by atoms with van der Waals surface area (Å²) in [6.07, 6.45) is 0. The molecule has 0 fully saturated rings. The van der Waals surface area contributed by atoms with Gasteiger partial charge >= 0.3 is 0 Å². The van der Waals surface area contributed by atoms with Crippen molar-refractivity contribution in [3.8, 4) is 17.2 Å². The molecule has 5 nitrogen and oxygen atoms in total. The molecular weight excluding hydrogens is 374 g/mol. The third-order valence-electron chi connectivity index (χ3n) is 3.89. The number of halogens is 2. The largest absolute Gasteiger partial charge is 0.493 e. The number of methoxy groups -OCH3 is 1. The van der Waals surface area contributed by atoms with Gasteiger partial charge in [-0.05, 0) is 24.3 Å². The van der Waals surface area contributed by atoms with Gasteiger partial charge < -0.3 is 9.15 Å². The zero-order valence-electron chi connectivity index (χ0n) is 14.0. The molecule has 0 aliphatic heterocycles. The number of aromatic nitrogens is 1. The summed E-state index contributed by atoms with van der Waals surface area (Å²) in [5, 5.41) is 5.13. The first kappa shape index (κ1) is 17.2. The number of nitrogens with one attached hydrogen (secondary N) is 1. The third kappa shape index (κ3) is 3.15. The normalized spacial score (nSPS) is 10.9. The van der Waals surface area contributed by atoms with E-state index in [1.807, 2.05) is 12.1 Å². The van der Waals surface area contributed by atoms with Gasteiger partial charge in [-0.2, -0.15) is 0 Å². The molecule has 4 aromatic rings. The molecule has 0 spiro atoms. The first-order valence-electron chi connectivity index (χ1n) is 7.84. The lowest BCUT2D eigenvalue weighted by Gasteiger charge is -2.04. The van der Waals surface area contributed by atoms with Crippen LogP contribution in [0.4, 0.5) is 13.9 Å². The standard InChI is InChI=1S/C19H12F2N2O3S/c1-25-14-7-2-4-10-8-15(26-17(10)14)13-9-27-19(22-13)23-18(24)16-11(20)5-3-6-12(16)21/h2-9H,1H3,(H,22,23,24). The second kappa shape index (κ2) is 6.81. The molecule has 1 N–H and O–H groups in total. The lowest BCUT2D eigenvalue weighted by atomic mass is 10.2. The van der Waals surface area contributed by atoms with E-state index in [2.05, 4.69) is 10.3 Å². The van der Waals surface area contributed by atoms with Gasteiger partial charge in [-0.25, -0.2) is 13.8 Å². The van der Waals surface area contributed by atoms with Crippen LogP contribution in [0.15, 0.2) is 52.3 Å². The smallest absolute Gasteiger partial charge is 0.263 e. The maximum atomic E-state index is 13.7. The fraction of sp³-hybridized carbons (Fsp3) is 0.0526. The van der Waals surface area contributed by atoms with Crippen LogP contribution in [0.2, 0.25) is 0 Å². The molecule has 8 heteroatoms. The summed E-state index contributed by atoms with van der Waals surface area (Å²) in [6.45, 7) is 0. The molecule has 0 aliphatic carbocycles. The summed E-state index contributed by atoms with van der Waals surface area (Å²) in [7, 11) is 1.55. The highest BCUT2D eigenvalue weighted by Crippen LogP contribution is 2.34. The highest BCUT2D eigenvalue weighted by Gasteiger charge is 2.19. The monoisotopic (exact) mass is 386 g/mol. The van der Waals surface area contributed by atoms with Crippen molar-refractivity contribution in [3.05, 3.63) is 65.0 Å². The van der Waals surface area contributed by atoms with Gasteiger partial charge in [0, 0.05) is 10.8 Å². The summed E-state index contributed by atoms with van der Waals surface area (Å²) in [6, 6.07) is 10.5. The van der Waals surface area contributed by atoms with E-state index in [0.29, 0.717) is 22.8 Å². The highest BCUT2D eigenvalue weighted by molar-refractivity contribution is 7.14. The number of fused-ring (bicyclic) bond motifs is 1. The fourth-order valence-corrected chi connectivity index (χ4v) is 3.34. The van der Waals surface area contributed by atoms with Crippen LogP contribution in [0.25, 0.3) is 22.4 Å². The molecule has 2 aromatic carbocycles. The molecule has 1 amide bonds. The number of ether oxygens (including phenoxy) is 1. The van der Waals surface area contributed by atoms with Gasteiger partial charge in [0.15, 0.2) is 22.2 Å². The van der Waals surface area contributed by atoms with Crippen molar-refractivity contribution in [3.63, 3.8) is 0 Å². The summed E-state index contributed by atoms with van der Waals surface area (Å²) < 4.78 is 38.5. The van der Waals surface area contributed by atoms with Crippen molar-refractivity contribution in [2.24, 2.45) is 0 Å². The molecule has 0 radical (unpaired) electrons. The Kier molecular flexibility index (Phi) is 4.33. The molecule has 0 unspecified atom stereocenters. The second-order valence-electron chi connectivity index (χ2n) is 5.58. The number of carbonyl (C=O) groups is 1. The number of anilines is 1. The topological polar surface area (TPSA) is 64.4 Å². The Labute approximate surface area is 156 Å². The van der Waals surface area contributed by atoms with E-state index in [-0.39, 0.29) is 5.13 Å². The first-order chi connectivity index (χ1) is 13.1. The molecule has 0 atom stereocenters. The molecule has 0 aliphatic rings. The van der Waals surface area contributed by atoms with Crippen LogP contribution in [0, 0.1) is 11.6 Å². The fourth-order valence-electron chi connectivity index (χ4n) is 2.64. The predicted octanol–water partition coefficient (Wildman–Crippen LogP) is 5.10. The first-order valence-corrected chi connectivity index (χ1v) is 8.72. The van der Waals surface area contributed by atoms with Crippen LogP contribution in [-0.2, 0) is 0 Å². The van der Waals surface area contributed by atoms with Crippen molar-refractivity contribution >= 4 is 33.3 Å². The van der Waals surface area contributed by atoms with Gasteiger partial charge in [-0.3, -0.25) is 10.1 Å². The number of benzene rings is 2. The Morgan fingerprint density at radius 2 is 1.93 bits per heavy atom. The molecule has 2 heterocycles. The van der Waals surface area contributed by atoms with Gasteiger partial charge in [-0.1, -0.05) is 18.2 Å². The van der Waals surface area contributed by atoms with E-state index in [4.69, 9.17) is 9.15 Å². The maximum absolute atomic E-state index is 13.7. The quantitative estimate of drug-likeness (QED) is 0.530. The molecular formula is C19H12F2N2O3S. The van der Waals surface area contributed by atoms with Crippen LogP contribution < -0.4 is 10.1 Å². The summed E-state index contributed by atoms with van der Waals surface area (Å²) in [4.78, 5) is 16.4. The van der Waals surface area contributed by atoms with E-state index < -0.39 is 23.1 Å². The minimum absolute atomic E-state index is 0.199. The number of amides is 1. The number of carbonyl (C=O) groups excluding carboxylic acids is 1. The van der Waals surface area contributed by atoms with Crippen molar-refractivity contribution in [2.45, 2.75) is 0 Å². The second-order valence-corrected chi connectivity index (χ2v) is 6.44. The van der Waals surface area contributed by atoms with Crippen LogP contribution in [0.1, 0.15) is 10.4 Å². The molecule has 136 valence electrons. The Bertz CT molecular complexity index is 1130. The van der Waals surface area contributed by atoms with E-state index in [0.717, 1.165) is 28.9 Å². The van der Waals surface area contributed by atoms with Gasteiger partial charge in [0.05, 0.1) is 7.11 Å². The van der Waals surface area contributed by atoms with Gasteiger partial charge in [-0.15, -0.1) is 11.3 Å². The summed E-state index contributed by atoms with van der Waals surface area (Å²) in [5.74, 6) is -1.69. The van der Waals surface area contributed by atoms with Crippen molar-refractivity contribution in [2.75, 3.05) is 12.4 Å². The molecule has 0 bridgehead atoms. The van der Waals surface area contributed by atoms with Gasteiger partial charge in [0.1, 0.15) is 22.9 Å². The number of thiazole rings is 1. The van der Waals surface area contributed by atoms with Gasteiger partial charge in [0.2, 0.25) is 0 Å². The molecule has 0 saturated carbocycles. The number of hydrogen-bond acceptors (Lipinski definition) is 5. The Morgan fingerprint density at radius 3 is 2.67 bits per heavy atom. The van der Waals surface area contributed by atoms with Crippen LogP contribution >= 0.6 is 11.3 Å². The Hall–Kier alpha value is -3.26. The lowest BCUT2D eigenvalue weighted by molar-refractivity contribution is 0.101. The predicted molar refractivity (Wildman–Crippen MR) is 98.2 cm³/mol. The third-order valence-corrected chi connectivity index (χ3v) is 4.65. The average Bonchev–Trinajstić information content (AvgIpc) is 3.27. The zero-order chi connectivity index (χ0) is 19.0. The number of hydrogen-bond donors (Lipinski definition) is 1. The maximum Gasteiger partial charge on any atom is 0.263 e. The summed E-state index contributed by atoms with van der Waals surface area (Å²) in [5.41, 5.74) is 0.423. The number of rotatable bonds is 4. The Balaban J connectivity index is 1.61. The van der Waals surface area contributed by atoms with Crippen molar-refractivity contribution in [1.29, 1.82) is 0 Å². The van der Waals surface area contributed by atoms with Crippen LogP contribution in [0.3, 0.4) is 0 Å². The van der Waals surface area contributed by atoms with E-state index in [9.17, 15) is 13.6 Å². The zero-order valence-corrected chi connectivity index (χ0v) is 14.8. The van der Waals surface area contributed by atoms with Crippen LogP contribution in [-0.4, -0.2) is 18.0 Å². The SMILES string of the molecule is COc1cccc2cc(-c3csc(NC(=O)c4c(F)cccc4F)n3)oc12. The van der Waals surface area contributed by atoms with Crippen molar-refractivity contribution in [1.82, 2.24) is 4.98 Å². The van der Waals surface area contributed by atoms with E-state index in [1.54, 1.807) is 24.6 Å². The minimum atomic E-state index is -0.936. The van der Waals surface area contributed by atoms with Gasteiger partial charge in [0.25, 0.3) is 5.91 Å². The highest BCUT2D eigenvalue weighted by atomic mass is 32.1. The molecule has 27 heavy (non-hydrogen) atoms. The lowest BCUT2D eigenvalue weighted by Crippen LogP contribution is -2.15. The average molecular weight is 386 g/mol. The van der Waals surface area contributed by atoms with E-state index >= 15 is 0 Å².